The molecule has 0 bridgehead atoms. The zero-order chi connectivity index (χ0) is 23.1. The highest BCUT2D eigenvalue weighted by Crippen LogP contribution is 2.27. The van der Waals surface area contributed by atoms with Crippen LogP contribution in [0.3, 0.4) is 0 Å². The van der Waals surface area contributed by atoms with E-state index in [1.807, 2.05) is 24.3 Å². The molecular weight excluding hydrogens is 468 g/mol. The van der Waals surface area contributed by atoms with Crippen LogP contribution >= 0.6 is 23.4 Å². The zero-order valence-electron chi connectivity index (χ0n) is 18.3. The van der Waals surface area contributed by atoms with Gasteiger partial charge in [-0.2, -0.15) is 16.1 Å². The van der Waals surface area contributed by atoms with E-state index in [0.717, 1.165) is 24.2 Å². The van der Waals surface area contributed by atoms with Crippen LogP contribution in [-0.4, -0.2) is 51.1 Å². The number of carbonyl (C=O) groups is 1. The van der Waals surface area contributed by atoms with Gasteiger partial charge in [0.05, 0.1) is 17.6 Å². The minimum absolute atomic E-state index is 0.119. The van der Waals surface area contributed by atoms with Crippen LogP contribution in [-0.2, 0) is 15.8 Å². The van der Waals surface area contributed by atoms with E-state index >= 15 is 0 Å². The van der Waals surface area contributed by atoms with E-state index in [0.29, 0.717) is 42.1 Å². The van der Waals surface area contributed by atoms with Crippen LogP contribution in [0.25, 0.3) is 0 Å². The quantitative estimate of drug-likeness (QED) is 0.520. The van der Waals surface area contributed by atoms with Crippen LogP contribution in [0.15, 0.2) is 47.4 Å². The Bertz CT molecular complexity index is 1040. The molecule has 0 aromatic heterocycles. The molecule has 0 saturated carbocycles. The Morgan fingerprint density at radius 2 is 1.97 bits per heavy atom. The molecular formula is C23H29ClN2O4S2. The standard InChI is InChI=1S/C23H29ClN2O4S2/c1-17-8-11-26(12-9-17)32(28,29)20-6-7-22(30-2)21(15-20)23(27)25-10-13-31-16-18-4-3-5-19(24)14-18/h3-7,14-15,17H,8-13,16H2,1-2H3,(H,25,27). The number of sulfonamides is 1. The number of thioether (sulfide) groups is 1. The van der Waals surface area contributed by atoms with E-state index in [2.05, 4.69) is 12.2 Å². The highest BCUT2D eigenvalue weighted by Gasteiger charge is 2.29. The van der Waals surface area contributed by atoms with Crippen molar-refractivity contribution < 1.29 is 17.9 Å². The number of nitrogens with one attached hydrogen (secondary N) is 1. The van der Waals surface area contributed by atoms with Crippen LogP contribution < -0.4 is 10.1 Å². The fraction of sp³-hybridized carbons (Fsp3) is 0.435. The summed E-state index contributed by atoms with van der Waals surface area (Å²) in [4.78, 5) is 12.9. The first-order valence-electron chi connectivity index (χ1n) is 10.6. The summed E-state index contributed by atoms with van der Waals surface area (Å²) in [7, 11) is -2.18. The van der Waals surface area contributed by atoms with Crippen LogP contribution in [0.4, 0.5) is 0 Å². The molecule has 0 radical (unpaired) electrons. The SMILES string of the molecule is COc1ccc(S(=O)(=O)N2CCC(C)CC2)cc1C(=O)NCCSCc1cccc(Cl)c1. The van der Waals surface area contributed by atoms with Crippen molar-refractivity contribution in [2.75, 3.05) is 32.5 Å². The van der Waals surface area contributed by atoms with E-state index < -0.39 is 10.0 Å². The van der Waals surface area contributed by atoms with Crippen molar-refractivity contribution in [2.45, 2.75) is 30.4 Å². The van der Waals surface area contributed by atoms with Crippen LogP contribution in [0.5, 0.6) is 5.75 Å². The van der Waals surface area contributed by atoms with Crippen molar-refractivity contribution in [3.8, 4) is 5.75 Å². The second-order valence-corrected chi connectivity index (χ2v) is 11.4. The van der Waals surface area contributed by atoms with Gasteiger partial charge in [-0.1, -0.05) is 30.7 Å². The highest BCUT2D eigenvalue weighted by molar-refractivity contribution is 7.98. The normalized spacial score (nSPS) is 15.5. The summed E-state index contributed by atoms with van der Waals surface area (Å²) in [6.07, 6.45) is 1.69. The summed E-state index contributed by atoms with van der Waals surface area (Å²) in [6, 6.07) is 12.2. The second kappa shape index (κ2) is 11.4. The van der Waals surface area contributed by atoms with E-state index in [9.17, 15) is 13.2 Å². The van der Waals surface area contributed by atoms with Gasteiger partial charge in [0, 0.05) is 36.2 Å². The van der Waals surface area contributed by atoms with E-state index in [1.165, 1.54) is 23.5 Å². The summed E-state index contributed by atoms with van der Waals surface area (Å²) in [5.74, 6) is 2.03. The van der Waals surface area contributed by atoms with Gasteiger partial charge in [0.2, 0.25) is 10.0 Å². The lowest BCUT2D eigenvalue weighted by Gasteiger charge is -2.29. The van der Waals surface area contributed by atoms with Crippen molar-refractivity contribution in [3.05, 3.63) is 58.6 Å². The van der Waals surface area contributed by atoms with Gasteiger partial charge in [-0.25, -0.2) is 8.42 Å². The van der Waals surface area contributed by atoms with Crippen molar-refractivity contribution in [1.82, 2.24) is 9.62 Å². The predicted molar refractivity (Wildman–Crippen MR) is 130 cm³/mol. The van der Waals surface area contributed by atoms with Gasteiger partial charge >= 0.3 is 0 Å². The molecule has 2 aromatic rings. The number of halogens is 1. The van der Waals surface area contributed by atoms with Gasteiger partial charge in [-0.3, -0.25) is 4.79 Å². The first-order chi connectivity index (χ1) is 15.3. The lowest BCUT2D eigenvalue weighted by atomic mass is 10.0. The number of ether oxygens (including phenoxy) is 1. The Balaban J connectivity index is 1.61. The first-order valence-corrected chi connectivity index (χ1v) is 13.6. The first kappa shape index (κ1) is 24.9. The average molecular weight is 497 g/mol. The Kier molecular flexibility index (Phi) is 8.87. The second-order valence-electron chi connectivity index (χ2n) is 7.89. The van der Waals surface area contributed by atoms with Gasteiger partial charge in [0.1, 0.15) is 5.75 Å². The lowest BCUT2D eigenvalue weighted by Crippen LogP contribution is -2.38. The molecule has 1 aliphatic heterocycles. The molecule has 0 atom stereocenters. The largest absolute Gasteiger partial charge is 0.496 e. The third kappa shape index (κ3) is 6.41. The molecule has 9 heteroatoms. The maximum Gasteiger partial charge on any atom is 0.255 e. The van der Waals surface area contributed by atoms with Gasteiger partial charge in [0.15, 0.2) is 0 Å². The number of methoxy groups -OCH3 is 1. The predicted octanol–water partition coefficient (Wildman–Crippen LogP) is 4.43. The van der Waals surface area contributed by atoms with Gasteiger partial charge in [-0.15, -0.1) is 0 Å². The molecule has 0 unspecified atom stereocenters. The van der Waals surface area contributed by atoms with Crippen LogP contribution in [0.2, 0.25) is 5.02 Å². The molecule has 0 aliphatic carbocycles. The number of nitrogens with zero attached hydrogens (tertiary/aromatic N) is 1. The minimum atomic E-state index is -3.65. The number of carbonyl (C=O) groups excluding carboxylic acids is 1. The number of rotatable bonds is 9. The van der Waals surface area contributed by atoms with Crippen molar-refractivity contribution in [2.24, 2.45) is 5.92 Å². The highest BCUT2D eigenvalue weighted by atomic mass is 35.5. The zero-order valence-corrected chi connectivity index (χ0v) is 20.7. The molecule has 1 heterocycles. The third-order valence-electron chi connectivity index (χ3n) is 5.49. The Labute approximate surface area is 199 Å². The molecule has 1 fully saturated rings. The van der Waals surface area contributed by atoms with Crippen molar-refractivity contribution in [1.29, 1.82) is 0 Å². The van der Waals surface area contributed by atoms with Crippen molar-refractivity contribution >= 4 is 39.3 Å². The molecule has 1 amide bonds. The summed E-state index contributed by atoms with van der Waals surface area (Å²) >= 11 is 7.68. The van der Waals surface area contributed by atoms with Crippen molar-refractivity contribution in [3.63, 3.8) is 0 Å². The topological polar surface area (TPSA) is 75.7 Å². The van der Waals surface area contributed by atoms with Gasteiger partial charge < -0.3 is 10.1 Å². The van der Waals surface area contributed by atoms with Gasteiger partial charge in [0.25, 0.3) is 5.91 Å². The maximum atomic E-state index is 13.1. The fourth-order valence-corrected chi connectivity index (χ4v) is 6.06. The number of piperidine rings is 1. The van der Waals surface area contributed by atoms with Crippen LogP contribution in [0, 0.1) is 5.92 Å². The van der Waals surface area contributed by atoms with Gasteiger partial charge in [-0.05, 0) is 54.7 Å². The molecule has 32 heavy (non-hydrogen) atoms. The Hall–Kier alpha value is -1.74. The van der Waals surface area contributed by atoms with E-state index in [4.69, 9.17) is 16.3 Å². The minimum Gasteiger partial charge on any atom is -0.496 e. The lowest BCUT2D eigenvalue weighted by molar-refractivity contribution is 0.0953. The average Bonchev–Trinajstić information content (AvgIpc) is 2.78. The molecule has 174 valence electrons. The molecule has 0 spiro atoms. The molecule has 1 N–H and O–H groups in total. The molecule has 1 aliphatic rings. The summed E-state index contributed by atoms with van der Waals surface area (Å²) in [6.45, 7) is 3.59. The fourth-order valence-electron chi connectivity index (χ4n) is 3.55. The molecule has 1 saturated heterocycles. The van der Waals surface area contributed by atoms with E-state index in [-0.39, 0.29) is 16.4 Å². The monoisotopic (exact) mass is 496 g/mol. The van der Waals surface area contributed by atoms with Crippen LogP contribution in [0.1, 0.15) is 35.7 Å². The Morgan fingerprint density at radius 3 is 2.66 bits per heavy atom. The maximum absolute atomic E-state index is 13.1. The number of hydrogen-bond donors (Lipinski definition) is 1. The number of benzene rings is 2. The van der Waals surface area contributed by atoms with E-state index in [1.54, 1.807) is 17.8 Å². The molecule has 3 rings (SSSR count). The molecule has 2 aromatic carbocycles. The summed E-state index contributed by atoms with van der Waals surface area (Å²) < 4.78 is 32.9. The summed E-state index contributed by atoms with van der Waals surface area (Å²) in [5, 5.41) is 3.57. The third-order valence-corrected chi connectivity index (χ3v) is 8.65. The Morgan fingerprint density at radius 1 is 1.22 bits per heavy atom. The number of amides is 1. The molecule has 6 nitrogen and oxygen atoms in total. The smallest absolute Gasteiger partial charge is 0.255 e. The summed E-state index contributed by atoms with van der Waals surface area (Å²) in [5.41, 5.74) is 1.35. The number of hydrogen-bond acceptors (Lipinski definition) is 5.